The Hall–Kier alpha value is -2.40. The fraction of sp³-hybridized carbons (Fsp3) is 0.462. The molecule has 2 aromatic heterocycles. The zero-order chi connectivity index (χ0) is 17.2. The number of imidazole rings is 1. The lowest BCUT2D eigenvalue weighted by Crippen LogP contribution is -2.37. The van der Waals surface area contributed by atoms with Crippen molar-refractivity contribution in [1.82, 2.24) is 19.9 Å². The molecular formula is C13H19N7O3S. The Morgan fingerprint density at radius 3 is 2.67 bits per heavy atom. The van der Waals surface area contributed by atoms with Gasteiger partial charge in [0.2, 0.25) is 5.95 Å². The maximum atomic E-state index is 12.3. The lowest BCUT2D eigenvalue weighted by atomic mass is 10.4. The highest BCUT2D eigenvalue weighted by Crippen LogP contribution is 2.26. The van der Waals surface area contributed by atoms with Crippen molar-refractivity contribution in [3.8, 4) is 0 Å². The number of nitrogens with zero attached hydrogens (tertiary/aromatic N) is 5. The minimum atomic E-state index is -3.77. The van der Waals surface area contributed by atoms with Crippen molar-refractivity contribution in [2.24, 2.45) is 0 Å². The van der Waals surface area contributed by atoms with E-state index in [1.807, 2.05) is 4.90 Å². The van der Waals surface area contributed by atoms with Crippen LogP contribution in [0.2, 0.25) is 0 Å². The fourth-order valence-electron chi connectivity index (χ4n) is 2.28. The van der Waals surface area contributed by atoms with E-state index in [1.165, 1.54) is 18.7 Å². The molecule has 2 N–H and O–H groups in total. The second-order valence-corrected chi connectivity index (χ2v) is 7.07. The van der Waals surface area contributed by atoms with E-state index in [0.29, 0.717) is 43.8 Å². The topological polar surface area (TPSA) is 116 Å². The van der Waals surface area contributed by atoms with Crippen molar-refractivity contribution in [1.29, 1.82) is 0 Å². The Morgan fingerprint density at radius 1 is 1.29 bits per heavy atom. The molecule has 10 nitrogen and oxygen atoms in total. The molecule has 0 spiro atoms. The first kappa shape index (κ1) is 16.5. The van der Waals surface area contributed by atoms with Crippen LogP contribution >= 0.6 is 0 Å². The van der Waals surface area contributed by atoms with E-state index in [9.17, 15) is 8.42 Å². The molecule has 0 radical (unpaired) electrons. The summed E-state index contributed by atoms with van der Waals surface area (Å²) >= 11 is 0. The Bertz CT molecular complexity index is 786. The zero-order valence-electron chi connectivity index (χ0n) is 13.4. The number of aromatic nitrogens is 4. The number of sulfonamides is 1. The van der Waals surface area contributed by atoms with Crippen molar-refractivity contribution >= 4 is 27.5 Å². The van der Waals surface area contributed by atoms with Gasteiger partial charge in [-0.3, -0.25) is 4.72 Å². The van der Waals surface area contributed by atoms with Crippen molar-refractivity contribution < 1.29 is 13.2 Å². The van der Waals surface area contributed by atoms with Gasteiger partial charge in [-0.2, -0.15) is 13.4 Å². The van der Waals surface area contributed by atoms with Crippen LogP contribution in [0.25, 0.3) is 0 Å². The third-order valence-electron chi connectivity index (χ3n) is 3.48. The summed E-state index contributed by atoms with van der Waals surface area (Å²) in [6, 6.07) is 0. The monoisotopic (exact) mass is 353 g/mol. The molecular weight excluding hydrogens is 334 g/mol. The number of hydrogen-bond acceptors (Lipinski definition) is 8. The van der Waals surface area contributed by atoms with E-state index < -0.39 is 10.0 Å². The Kier molecular flexibility index (Phi) is 4.53. The van der Waals surface area contributed by atoms with Crippen LogP contribution in [0.3, 0.4) is 0 Å². The lowest BCUT2D eigenvalue weighted by Gasteiger charge is -2.28. The van der Waals surface area contributed by atoms with Crippen LogP contribution in [0, 0.1) is 0 Å². The predicted molar refractivity (Wildman–Crippen MR) is 88.8 cm³/mol. The van der Waals surface area contributed by atoms with E-state index in [0.717, 1.165) is 0 Å². The van der Waals surface area contributed by atoms with Crippen molar-refractivity contribution in [3.05, 3.63) is 18.7 Å². The first-order valence-electron chi connectivity index (χ1n) is 7.35. The van der Waals surface area contributed by atoms with Crippen LogP contribution in [0.15, 0.2) is 23.7 Å². The van der Waals surface area contributed by atoms with Gasteiger partial charge in [-0.1, -0.05) is 0 Å². The molecule has 3 rings (SSSR count). The minimum absolute atomic E-state index is 0.0236. The van der Waals surface area contributed by atoms with Crippen LogP contribution in [0.5, 0.6) is 0 Å². The van der Waals surface area contributed by atoms with Gasteiger partial charge in [0.05, 0.1) is 31.9 Å². The van der Waals surface area contributed by atoms with Crippen LogP contribution in [0.1, 0.15) is 0 Å². The normalized spacial score (nSPS) is 15.3. The summed E-state index contributed by atoms with van der Waals surface area (Å²) in [6.45, 7) is 2.64. The van der Waals surface area contributed by atoms with Gasteiger partial charge in [-0.05, 0) is 0 Å². The van der Waals surface area contributed by atoms with Gasteiger partial charge in [0.1, 0.15) is 5.69 Å². The molecule has 0 unspecified atom stereocenters. The second kappa shape index (κ2) is 6.61. The third-order valence-corrected chi connectivity index (χ3v) is 4.77. The Labute approximate surface area is 139 Å². The molecule has 0 bridgehead atoms. The first-order chi connectivity index (χ1) is 11.5. The maximum absolute atomic E-state index is 12.3. The average Bonchev–Trinajstić information content (AvgIpc) is 3.11. The maximum Gasteiger partial charge on any atom is 0.279 e. The minimum Gasteiger partial charge on any atom is -0.378 e. The van der Waals surface area contributed by atoms with Gasteiger partial charge in [0.25, 0.3) is 10.0 Å². The fourth-order valence-corrected chi connectivity index (χ4v) is 3.23. The molecule has 1 aliphatic rings. The molecule has 1 fully saturated rings. The van der Waals surface area contributed by atoms with E-state index in [4.69, 9.17) is 4.74 Å². The summed E-state index contributed by atoms with van der Waals surface area (Å²) in [6.07, 6.45) is 4.01. The Balaban J connectivity index is 1.90. The van der Waals surface area contributed by atoms with E-state index >= 15 is 0 Å². The average molecular weight is 353 g/mol. The molecule has 1 aliphatic heterocycles. The number of aromatic amines is 1. The summed E-state index contributed by atoms with van der Waals surface area (Å²) in [7, 11) is -0.190. The van der Waals surface area contributed by atoms with Crippen LogP contribution in [-0.2, 0) is 14.8 Å². The first-order valence-corrected chi connectivity index (χ1v) is 8.84. The molecule has 11 heteroatoms. The third kappa shape index (κ3) is 3.41. The summed E-state index contributed by atoms with van der Waals surface area (Å²) in [5, 5.41) is -0.0236. The standard InChI is InChI=1S/C13H19N7O3S/c1-19(2)12-10(18-24(21,22)11-8-14-9-16-11)7-15-13(17-12)20-3-5-23-6-4-20/h7-9,18H,3-6H2,1-2H3,(H,14,16). The number of rotatable bonds is 5. The zero-order valence-corrected chi connectivity index (χ0v) is 14.2. The predicted octanol–water partition coefficient (Wildman–Crippen LogP) is -0.0969. The van der Waals surface area contributed by atoms with Gasteiger partial charge >= 0.3 is 0 Å². The molecule has 0 amide bonds. The van der Waals surface area contributed by atoms with Crippen LogP contribution < -0.4 is 14.5 Å². The molecule has 0 saturated carbocycles. The quantitative estimate of drug-likeness (QED) is 0.766. The molecule has 0 atom stereocenters. The summed E-state index contributed by atoms with van der Waals surface area (Å²) in [4.78, 5) is 18.8. The van der Waals surface area contributed by atoms with E-state index in [-0.39, 0.29) is 5.03 Å². The number of anilines is 3. The molecule has 0 aromatic carbocycles. The summed E-state index contributed by atoms with van der Waals surface area (Å²) in [5.41, 5.74) is 0.298. The van der Waals surface area contributed by atoms with Crippen molar-refractivity contribution in [3.63, 3.8) is 0 Å². The Morgan fingerprint density at radius 2 is 2.04 bits per heavy atom. The highest BCUT2D eigenvalue weighted by Gasteiger charge is 2.21. The van der Waals surface area contributed by atoms with E-state index in [2.05, 4.69) is 24.7 Å². The second-order valence-electron chi connectivity index (χ2n) is 5.42. The van der Waals surface area contributed by atoms with Gasteiger partial charge in [0, 0.05) is 27.2 Å². The molecule has 2 aromatic rings. The highest BCUT2D eigenvalue weighted by molar-refractivity contribution is 7.92. The SMILES string of the molecule is CN(C)c1nc(N2CCOCC2)ncc1NS(=O)(=O)c1cnc[nH]1. The van der Waals surface area contributed by atoms with Gasteiger partial charge < -0.3 is 19.5 Å². The lowest BCUT2D eigenvalue weighted by molar-refractivity contribution is 0.122. The molecule has 0 aliphatic carbocycles. The largest absolute Gasteiger partial charge is 0.378 e. The number of H-pyrrole nitrogens is 1. The number of ether oxygens (including phenoxy) is 1. The van der Waals surface area contributed by atoms with Gasteiger partial charge in [0.15, 0.2) is 10.8 Å². The highest BCUT2D eigenvalue weighted by atomic mass is 32.2. The van der Waals surface area contributed by atoms with Crippen molar-refractivity contribution in [2.45, 2.75) is 5.03 Å². The molecule has 130 valence electrons. The molecule has 3 heterocycles. The smallest absolute Gasteiger partial charge is 0.279 e. The van der Waals surface area contributed by atoms with Crippen molar-refractivity contribution in [2.75, 3.05) is 54.9 Å². The molecule has 1 saturated heterocycles. The number of hydrogen-bond donors (Lipinski definition) is 2. The van der Waals surface area contributed by atoms with E-state index in [1.54, 1.807) is 19.0 Å². The number of morpholine rings is 1. The molecule has 24 heavy (non-hydrogen) atoms. The summed E-state index contributed by atoms with van der Waals surface area (Å²) in [5.74, 6) is 1.03. The van der Waals surface area contributed by atoms with Crippen LogP contribution in [0.4, 0.5) is 17.5 Å². The van der Waals surface area contributed by atoms with Gasteiger partial charge in [-0.15, -0.1) is 0 Å². The van der Waals surface area contributed by atoms with Gasteiger partial charge in [-0.25, -0.2) is 9.97 Å². The number of nitrogens with one attached hydrogen (secondary N) is 2. The summed E-state index contributed by atoms with van der Waals surface area (Å²) < 4.78 is 32.5. The van der Waals surface area contributed by atoms with Crippen LogP contribution in [-0.4, -0.2) is 68.8 Å².